The Bertz CT molecular complexity index is 970. The highest BCUT2D eigenvalue weighted by Crippen LogP contribution is 2.16. The smallest absolute Gasteiger partial charge is 0.339 e. The van der Waals surface area contributed by atoms with Crippen molar-refractivity contribution >= 4 is 33.5 Å². The lowest BCUT2D eigenvalue weighted by molar-refractivity contribution is -0.136. The summed E-state index contributed by atoms with van der Waals surface area (Å²) in [6, 6.07) is 11.6. The molecule has 9 nitrogen and oxygen atoms in total. The highest BCUT2D eigenvalue weighted by Gasteiger charge is 2.18. The van der Waals surface area contributed by atoms with Crippen molar-refractivity contribution in [3.8, 4) is 0 Å². The van der Waals surface area contributed by atoms with Gasteiger partial charge in [-0.15, -0.1) is 0 Å². The van der Waals surface area contributed by atoms with Crippen LogP contribution >= 0.6 is 0 Å². The van der Waals surface area contributed by atoms with E-state index in [2.05, 4.69) is 15.4 Å². The van der Waals surface area contributed by atoms with Crippen molar-refractivity contribution in [2.45, 2.75) is 11.4 Å². The van der Waals surface area contributed by atoms with Crippen molar-refractivity contribution < 1.29 is 27.5 Å². The standard InChI is InChI=1S/C17H17N3O6S/c1-26-17(23)13-4-2-3-5-14(13)20-16(22)15(21)19-10-11-6-8-12(9-7-11)27(18,24)25/h2-9H,10H2,1H3,(H,19,21)(H,20,22)(H2,18,24,25). The molecule has 0 atom stereocenters. The van der Waals surface area contributed by atoms with Gasteiger partial charge in [0.25, 0.3) is 0 Å². The van der Waals surface area contributed by atoms with Crippen molar-refractivity contribution in [3.63, 3.8) is 0 Å². The van der Waals surface area contributed by atoms with Crippen LogP contribution in [0.25, 0.3) is 0 Å². The van der Waals surface area contributed by atoms with E-state index in [-0.39, 0.29) is 22.7 Å². The fourth-order valence-electron chi connectivity index (χ4n) is 2.12. The van der Waals surface area contributed by atoms with Crippen LogP contribution in [0.3, 0.4) is 0 Å². The number of esters is 1. The molecule has 2 aromatic carbocycles. The Morgan fingerprint density at radius 2 is 1.63 bits per heavy atom. The molecule has 0 unspecified atom stereocenters. The van der Waals surface area contributed by atoms with Crippen LogP contribution in [0.2, 0.25) is 0 Å². The fourth-order valence-corrected chi connectivity index (χ4v) is 2.63. The molecule has 0 radical (unpaired) electrons. The van der Waals surface area contributed by atoms with E-state index in [1.165, 1.54) is 43.5 Å². The summed E-state index contributed by atoms with van der Waals surface area (Å²) in [4.78, 5) is 35.6. The number of ether oxygens (including phenoxy) is 1. The number of carbonyl (C=O) groups is 3. The summed E-state index contributed by atoms with van der Waals surface area (Å²) in [5.74, 6) is -2.54. The summed E-state index contributed by atoms with van der Waals surface area (Å²) < 4.78 is 27.0. The molecule has 0 bridgehead atoms. The van der Waals surface area contributed by atoms with E-state index in [0.29, 0.717) is 5.56 Å². The van der Waals surface area contributed by atoms with Crippen LogP contribution in [0, 0.1) is 0 Å². The van der Waals surface area contributed by atoms with E-state index < -0.39 is 27.8 Å². The number of nitrogens with two attached hydrogens (primary N) is 1. The second-order valence-corrected chi connectivity index (χ2v) is 6.92. The van der Waals surface area contributed by atoms with Gasteiger partial charge in [0.15, 0.2) is 0 Å². The number of methoxy groups -OCH3 is 1. The van der Waals surface area contributed by atoms with E-state index >= 15 is 0 Å². The number of hydrogen-bond acceptors (Lipinski definition) is 6. The largest absolute Gasteiger partial charge is 0.465 e. The summed E-state index contributed by atoms with van der Waals surface area (Å²) in [6.45, 7) is -0.00417. The summed E-state index contributed by atoms with van der Waals surface area (Å²) in [5, 5.41) is 9.74. The number of amides is 2. The summed E-state index contributed by atoms with van der Waals surface area (Å²) in [6.07, 6.45) is 0. The van der Waals surface area contributed by atoms with Gasteiger partial charge in [-0.25, -0.2) is 18.4 Å². The summed E-state index contributed by atoms with van der Waals surface area (Å²) in [5.41, 5.74) is 0.820. The van der Waals surface area contributed by atoms with Gasteiger partial charge in [0.2, 0.25) is 10.0 Å². The Morgan fingerprint density at radius 3 is 2.22 bits per heavy atom. The third-order valence-electron chi connectivity index (χ3n) is 3.49. The first-order valence-electron chi connectivity index (χ1n) is 7.60. The maximum atomic E-state index is 12.0. The number of nitrogens with one attached hydrogen (secondary N) is 2. The van der Waals surface area contributed by atoms with Gasteiger partial charge in [-0.3, -0.25) is 9.59 Å². The molecule has 0 aliphatic carbocycles. The molecule has 0 aromatic heterocycles. The van der Waals surface area contributed by atoms with E-state index in [1.807, 2.05) is 0 Å². The Balaban J connectivity index is 1.99. The second kappa shape index (κ2) is 8.43. The third-order valence-corrected chi connectivity index (χ3v) is 4.42. The molecule has 0 aliphatic rings. The SMILES string of the molecule is COC(=O)c1ccccc1NC(=O)C(=O)NCc1ccc(S(N)(=O)=O)cc1. The highest BCUT2D eigenvalue weighted by molar-refractivity contribution is 7.89. The normalized spacial score (nSPS) is 10.7. The molecule has 4 N–H and O–H groups in total. The van der Waals surface area contributed by atoms with Crippen LogP contribution in [0.4, 0.5) is 5.69 Å². The number of benzene rings is 2. The average Bonchev–Trinajstić information content (AvgIpc) is 2.65. The Kier molecular flexibility index (Phi) is 6.27. The molecule has 10 heteroatoms. The van der Waals surface area contributed by atoms with Gasteiger partial charge in [0, 0.05) is 6.54 Å². The molecule has 2 rings (SSSR count). The molecule has 0 saturated heterocycles. The van der Waals surface area contributed by atoms with Gasteiger partial charge in [-0.1, -0.05) is 24.3 Å². The van der Waals surface area contributed by atoms with Crippen LogP contribution in [0.15, 0.2) is 53.4 Å². The maximum absolute atomic E-state index is 12.0. The number of rotatable bonds is 5. The molecule has 0 spiro atoms. The minimum absolute atomic E-state index is 0.00417. The van der Waals surface area contributed by atoms with Gasteiger partial charge in [-0.2, -0.15) is 0 Å². The second-order valence-electron chi connectivity index (χ2n) is 5.36. The molecular formula is C17H17N3O6S. The number of para-hydroxylation sites is 1. The van der Waals surface area contributed by atoms with E-state index in [1.54, 1.807) is 12.1 Å². The molecule has 2 aromatic rings. The van der Waals surface area contributed by atoms with E-state index in [4.69, 9.17) is 5.14 Å². The predicted molar refractivity (Wildman–Crippen MR) is 96.1 cm³/mol. The lowest BCUT2D eigenvalue weighted by Crippen LogP contribution is -2.35. The van der Waals surface area contributed by atoms with Crippen molar-refractivity contribution in [1.82, 2.24) is 5.32 Å². The Labute approximate surface area is 155 Å². The monoisotopic (exact) mass is 391 g/mol. The minimum atomic E-state index is -3.80. The summed E-state index contributed by atoms with van der Waals surface area (Å²) >= 11 is 0. The molecule has 0 saturated carbocycles. The third kappa shape index (κ3) is 5.36. The molecule has 0 aliphatic heterocycles. The lowest BCUT2D eigenvalue weighted by atomic mass is 10.2. The van der Waals surface area contributed by atoms with Gasteiger partial charge in [0.05, 0.1) is 23.3 Å². The van der Waals surface area contributed by atoms with Crippen molar-refractivity contribution in [3.05, 3.63) is 59.7 Å². The topological polar surface area (TPSA) is 145 Å². The predicted octanol–water partition coefficient (Wildman–Crippen LogP) is 0.376. The number of anilines is 1. The molecule has 0 heterocycles. The number of sulfonamides is 1. The van der Waals surface area contributed by atoms with E-state index in [9.17, 15) is 22.8 Å². The first-order valence-corrected chi connectivity index (χ1v) is 9.15. The minimum Gasteiger partial charge on any atom is -0.465 e. The quantitative estimate of drug-likeness (QED) is 0.496. The summed E-state index contributed by atoms with van der Waals surface area (Å²) in [7, 11) is -2.60. The van der Waals surface area contributed by atoms with Crippen molar-refractivity contribution in [2.24, 2.45) is 5.14 Å². The van der Waals surface area contributed by atoms with Gasteiger partial charge < -0.3 is 15.4 Å². The highest BCUT2D eigenvalue weighted by atomic mass is 32.2. The fraction of sp³-hybridized carbons (Fsp3) is 0.118. The van der Waals surface area contributed by atoms with E-state index in [0.717, 1.165) is 0 Å². The maximum Gasteiger partial charge on any atom is 0.339 e. The number of hydrogen-bond donors (Lipinski definition) is 3. The zero-order valence-electron chi connectivity index (χ0n) is 14.3. The van der Waals surface area contributed by atoms with Crippen LogP contribution in [-0.2, 0) is 30.9 Å². The first kappa shape index (κ1) is 20.1. The van der Waals surface area contributed by atoms with Gasteiger partial charge in [0.1, 0.15) is 0 Å². The Morgan fingerprint density at radius 1 is 1.00 bits per heavy atom. The van der Waals surface area contributed by atoms with Crippen LogP contribution < -0.4 is 15.8 Å². The molecular weight excluding hydrogens is 374 g/mol. The molecule has 142 valence electrons. The zero-order valence-corrected chi connectivity index (χ0v) is 15.1. The average molecular weight is 391 g/mol. The molecule has 2 amide bonds. The van der Waals surface area contributed by atoms with Crippen molar-refractivity contribution in [2.75, 3.05) is 12.4 Å². The first-order chi connectivity index (χ1) is 12.7. The van der Waals surface area contributed by atoms with Gasteiger partial charge in [-0.05, 0) is 29.8 Å². The number of primary sulfonamides is 1. The zero-order chi connectivity index (χ0) is 20.0. The van der Waals surface area contributed by atoms with Crippen molar-refractivity contribution in [1.29, 1.82) is 0 Å². The van der Waals surface area contributed by atoms with Crippen LogP contribution in [0.1, 0.15) is 15.9 Å². The Hall–Kier alpha value is -3.24. The molecule has 0 fully saturated rings. The molecule has 27 heavy (non-hydrogen) atoms. The van der Waals surface area contributed by atoms with Crippen LogP contribution in [0.5, 0.6) is 0 Å². The van der Waals surface area contributed by atoms with Gasteiger partial charge >= 0.3 is 17.8 Å². The lowest BCUT2D eigenvalue weighted by Gasteiger charge is -2.10. The van der Waals surface area contributed by atoms with Crippen LogP contribution in [-0.4, -0.2) is 33.3 Å². The number of carbonyl (C=O) groups excluding carboxylic acids is 3.